The lowest BCUT2D eigenvalue weighted by molar-refractivity contribution is -0.385. The molecule has 9 nitrogen and oxygen atoms in total. The summed E-state index contributed by atoms with van der Waals surface area (Å²) in [6, 6.07) is 14.3. The number of aromatic nitrogens is 1. The van der Waals surface area contributed by atoms with Gasteiger partial charge in [0, 0.05) is 22.8 Å². The second kappa shape index (κ2) is 10.4. The fourth-order valence-electron chi connectivity index (χ4n) is 2.93. The average Bonchev–Trinajstić information content (AvgIpc) is 2.76. The minimum Gasteiger partial charge on any atom is -0.487 e. The Morgan fingerprint density at radius 2 is 2.06 bits per heavy atom. The SMILES string of the molecule is CCOc1ccc(/C=N\NC(=O)c2cccn(Cc3cccc(Cl)c3)c2=O)cc1[N+](=O)[O-]. The fourth-order valence-corrected chi connectivity index (χ4v) is 3.14. The van der Waals surface area contributed by atoms with Crippen molar-refractivity contribution in [1.29, 1.82) is 0 Å². The van der Waals surface area contributed by atoms with Crippen molar-refractivity contribution in [2.24, 2.45) is 5.10 Å². The number of pyridine rings is 1. The van der Waals surface area contributed by atoms with Crippen molar-refractivity contribution < 1.29 is 14.5 Å². The molecule has 0 spiro atoms. The molecule has 1 N–H and O–H groups in total. The quantitative estimate of drug-likeness (QED) is 0.317. The number of rotatable bonds is 8. The largest absolute Gasteiger partial charge is 0.487 e. The van der Waals surface area contributed by atoms with E-state index in [2.05, 4.69) is 10.5 Å². The van der Waals surface area contributed by atoms with Crippen LogP contribution in [0.4, 0.5) is 5.69 Å². The summed E-state index contributed by atoms with van der Waals surface area (Å²) in [6.45, 7) is 2.26. The zero-order valence-corrected chi connectivity index (χ0v) is 17.8. The summed E-state index contributed by atoms with van der Waals surface area (Å²) in [6.07, 6.45) is 2.82. The van der Waals surface area contributed by atoms with Crippen molar-refractivity contribution in [2.75, 3.05) is 6.61 Å². The minimum atomic E-state index is -0.702. The first-order chi connectivity index (χ1) is 15.4. The maximum atomic E-state index is 12.7. The van der Waals surface area contributed by atoms with E-state index in [0.717, 1.165) is 5.56 Å². The van der Waals surface area contributed by atoms with Crippen LogP contribution in [0.15, 0.2) is 70.7 Å². The number of nitrogens with one attached hydrogen (secondary N) is 1. The van der Waals surface area contributed by atoms with Gasteiger partial charge in [-0.25, -0.2) is 5.43 Å². The monoisotopic (exact) mass is 454 g/mol. The van der Waals surface area contributed by atoms with Crippen LogP contribution in [-0.2, 0) is 6.54 Å². The summed E-state index contributed by atoms with van der Waals surface area (Å²) in [5.74, 6) is -0.560. The third-order valence-corrected chi connectivity index (χ3v) is 4.60. The minimum absolute atomic E-state index is 0.0932. The van der Waals surface area contributed by atoms with Gasteiger partial charge in [0.1, 0.15) is 5.56 Å². The molecule has 0 fully saturated rings. The van der Waals surface area contributed by atoms with E-state index < -0.39 is 16.4 Å². The average molecular weight is 455 g/mol. The zero-order valence-electron chi connectivity index (χ0n) is 17.0. The Bertz CT molecular complexity index is 1240. The lowest BCUT2D eigenvalue weighted by atomic mass is 10.2. The number of benzene rings is 2. The molecule has 0 aliphatic rings. The van der Waals surface area contributed by atoms with Crippen LogP contribution in [0.1, 0.15) is 28.4 Å². The third kappa shape index (κ3) is 5.58. The van der Waals surface area contributed by atoms with Crippen LogP contribution < -0.4 is 15.7 Å². The smallest absolute Gasteiger partial charge is 0.311 e. The van der Waals surface area contributed by atoms with E-state index in [4.69, 9.17) is 16.3 Å². The molecule has 10 heteroatoms. The van der Waals surface area contributed by atoms with Crippen LogP contribution in [0.5, 0.6) is 5.75 Å². The molecule has 0 radical (unpaired) electrons. The van der Waals surface area contributed by atoms with Gasteiger partial charge in [0.25, 0.3) is 11.5 Å². The second-order valence-electron chi connectivity index (χ2n) is 6.60. The van der Waals surface area contributed by atoms with Crippen molar-refractivity contribution in [1.82, 2.24) is 9.99 Å². The maximum Gasteiger partial charge on any atom is 0.311 e. The lowest BCUT2D eigenvalue weighted by Crippen LogP contribution is -2.30. The van der Waals surface area contributed by atoms with Gasteiger partial charge in [0.05, 0.1) is 24.3 Å². The van der Waals surface area contributed by atoms with Gasteiger partial charge in [-0.3, -0.25) is 19.7 Å². The molecule has 3 rings (SSSR count). The Balaban J connectivity index is 1.74. The Kier molecular flexibility index (Phi) is 7.35. The van der Waals surface area contributed by atoms with Crippen LogP contribution in [0, 0.1) is 10.1 Å². The zero-order chi connectivity index (χ0) is 23.1. The first-order valence-electron chi connectivity index (χ1n) is 9.57. The van der Waals surface area contributed by atoms with Crippen LogP contribution in [0.25, 0.3) is 0 Å². The van der Waals surface area contributed by atoms with Crippen LogP contribution >= 0.6 is 11.6 Å². The number of amides is 1. The predicted molar refractivity (Wildman–Crippen MR) is 121 cm³/mol. The van der Waals surface area contributed by atoms with Crippen molar-refractivity contribution in [3.8, 4) is 5.75 Å². The number of carbonyl (C=O) groups is 1. The summed E-state index contributed by atoms with van der Waals surface area (Å²) in [7, 11) is 0. The van der Waals surface area contributed by atoms with E-state index in [1.807, 2.05) is 6.07 Å². The summed E-state index contributed by atoms with van der Waals surface area (Å²) in [4.78, 5) is 35.8. The van der Waals surface area contributed by atoms with Crippen LogP contribution in [0.3, 0.4) is 0 Å². The van der Waals surface area contributed by atoms with E-state index in [0.29, 0.717) is 10.6 Å². The number of hydrazone groups is 1. The highest BCUT2D eigenvalue weighted by Gasteiger charge is 2.15. The summed E-state index contributed by atoms with van der Waals surface area (Å²) < 4.78 is 6.62. The molecule has 0 saturated heterocycles. The Morgan fingerprint density at radius 1 is 1.25 bits per heavy atom. The maximum absolute atomic E-state index is 12.7. The second-order valence-corrected chi connectivity index (χ2v) is 7.04. The molecule has 0 atom stereocenters. The van der Waals surface area contributed by atoms with Crippen molar-refractivity contribution in [3.63, 3.8) is 0 Å². The van der Waals surface area contributed by atoms with Gasteiger partial charge in [-0.2, -0.15) is 5.10 Å². The Labute approximate surface area is 188 Å². The number of hydrogen-bond acceptors (Lipinski definition) is 6. The molecule has 1 amide bonds. The molecular formula is C22H19ClN4O5. The summed E-state index contributed by atoms with van der Waals surface area (Å²) >= 11 is 5.98. The number of nitro groups is 1. The van der Waals surface area contributed by atoms with E-state index in [1.165, 1.54) is 29.0 Å². The Morgan fingerprint density at radius 3 is 2.78 bits per heavy atom. The van der Waals surface area contributed by atoms with Gasteiger partial charge in [0.15, 0.2) is 5.75 Å². The lowest BCUT2D eigenvalue weighted by Gasteiger charge is -2.08. The van der Waals surface area contributed by atoms with Gasteiger partial charge in [-0.15, -0.1) is 0 Å². The fraction of sp³-hybridized carbons (Fsp3) is 0.136. The molecule has 0 saturated carbocycles. The summed E-state index contributed by atoms with van der Waals surface area (Å²) in [5, 5.41) is 15.6. The van der Waals surface area contributed by atoms with Crippen LogP contribution in [0.2, 0.25) is 5.02 Å². The standard InChI is InChI=1S/C22H19ClN4O5/c1-2-32-20-9-8-15(12-19(20)27(30)31)13-24-25-21(28)18-7-4-10-26(22(18)29)14-16-5-3-6-17(23)11-16/h3-13H,2,14H2,1H3,(H,25,28)/b24-13-. The molecule has 32 heavy (non-hydrogen) atoms. The van der Waals surface area contributed by atoms with E-state index in [-0.39, 0.29) is 30.2 Å². The van der Waals surface area contributed by atoms with Gasteiger partial charge in [0.2, 0.25) is 0 Å². The number of halogens is 1. The van der Waals surface area contributed by atoms with Gasteiger partial charge < -0.3 is 9.30 Å². The van der Waals surface area contributed by atoms with Crippen molar-refractivity contribution in [3.05, 3.63) is 103 Å². The van der Waals surface area contributed by atoms with Crippen molar-refractivity contribution >= 4 is 29.4 Å². The number of ether oxygens (including phenoxy) is 1. The number of carbonyl (C=O) groups excluding carboxylic acids is 1. The van der Waals surface area contributed by atoms with Crippen molar-refractivity contribution in [2.45, 2.75) is 13.5 Å². The topological polar surface area (TPSA) is 116 Å². The molecule has 0 unspecified atom stereocenters. The summed E-state index contributed by atoms with van der Waals surface area (Å²) in [5.41, 5.74) is 2.67. The Hall–Kier alpha value is -3.98. The molecule has 2 aromatic carbocycles. The molecule has 3 aromatic rings. The normalized spacial score (nSPS) is 10.8. The van der Waals surface area contributed by atoms with E-state index >= 15 is 0 Å². The molecular weight excluding hydrogens is 436 g/mol. The van der Waals surface area contributed by atoms with Crippen LogP contribution in [-0.4, -0.2) is 28.2 Å². The number of hydrogen-bond donors (Lipinski definition) is 1. The third-order valence-electron chi connectivity index (χ3n) is 4.37. The molecule has 0 aliphatic heterocycles. The highest BCUT2D eigenvalue weighted by molar-refractivity contribution is 6.30. The highest BCUT2D eigenvalue weighted by atomic mass is 35.5. The molecule has 0 aliphatic carbocycles. The molecule has 0 bridgehead atoms. The number of nitrogens with zero attached hydrogens (tertiary/aromatic N) is 3. The van der Waals surface area contributed by atoms with Gasteiger partial charge in [-0.1, -0.05) is 23.7 Å². The van der Waals surface area contributed by atoms with Gasteiger partial charge in [-0.05, 0) is 48.9 Å². The first kappa shape index (κ1) is 22.7. The molecule has 164 valence electrons. The van der Waals surface area contributed by atoms with E-state index in [9.17, 15) is 19.7 Å². The highest BCUT2D eigenvalue weighted by Crippen LogP contribution is 2.27. The van der Waals surface area contributed by atoms with E-state index in [1.54, 1.807) is 43.5 Å². The first-order valence-corrected chi connectivity index (χ1v) is 9.95. The number of nitro benzene ring substituents is 1. The predicted octanol–water partition coefficient (Wildman–Crippen LogP) is 3.62. The van der Waals surface area contributed by atoms with Gasteiger partial charge >= 0.3 is 5.69 Å². The molecule has 1 heterocycles. The molecule has 1 aromatic heterocycles.